The molecular weight excluding hydrogens is 226 g/mol. The third-order valence-corrected chi connectivity index (χ3v) is 3.74. The third kappa shape index (κ3) is 2.40. The van der Waals surface area contributed by atoms with Gasteiger partial charge in [0.25, 0.3) is 0 Å². The Morgan fingerprint density at radius 1 is 1.44 bits per heavy atom. The Kier molecular flexibility index (Phi) is 3.41. The van der Waals surface area contributed by atoms with Gasteiger partial charge in [0, 0.05) is 11.7 Å². The summed E-state index contributed by atoms with van der Waals surface area (Å²) in [6, 6.07) is 5.90. The highest BCUT2D eigenvalue weighted by atomic mass is 16.1. The summed E-state index contributed by atoms with van der Waals surface area (Å²) >= 11 is 0. The first kappa shape index (κ1) is 13.1. The molecule has 0 saturated carbocycles. The Balaban J connectivity index is 2.25. The molecule has 1 aromatic carbocycles. The first-order chi connectivity index (χ1) is 8.44. The summed E-state index contributed by atoms with van der Waals surface area (Å²) in [5.41, 5.74) is 14.9. The molecule has 1 aromatic rings. The van der Waals surface area contributed by atoms with Gasteiger partial charge in [0.2, 0.25) is 5.91 Å². The van der Waals surface area contributed by atoms with Crippen molar-refractivity contribution in [2.75, 3.05) is 11.9 Å². The molecule has 0 radical (unpaired) electrons. The van der Waals surface area contributed by atoms with Crippen molar-refractivity contribution in [1.29, 1.82) is 0 Å². The lowest BCUT2D eigenvalue weighted by Gasteiger charge is -2.31. The fourth-order valence-electron chi connectivity index (χ4n) is 2.42. The SMILES string of the molecule is CC(C)(CCN)C(N)c1ccc2c(c1)CC(=O)N2. The molecule has 18 heavy (non-hydrogen) atoms. The largest absolute Gasteiger partial charge is 0.330 e. The van der Waals surface area contributed by atoms with Crippen molar-refractivity contribution >= 4 is 11.6 Å². The fraction of sp³-hybridized carbons (Fsp3) is 0.500. The number of hydrogen-bond acceptors (Lipinski definition) is 3. The minimum Gasteiger partial charge on any atom is -0.330 e. The van der Waals surface area contributed by atoms with E-state index >= 15 is 0 Å². The van der Waals surface area contributed by atoms with Crippen LogP contribution in [0.15, 0.2) is 18.2 Å². The van der Waals surface area contributed by atoms with Crippen molar-refractivity contribution in [1.82, 2.24) is 0 Å². The summed E-state index contributed by atoms with van der Waals surface area (Å²) < 4.78 is 0. The van der Waals surface area contributed by atoms with Gasteiger partial charge in [-0.25, -0.2) is 0 Å². The predicted octanol–water partition coefficient (Wildman–Crippen LogP) is 1.56. The Labute approximate surface area is 108 Å². The summed E-state index contributed by atoms with van der Waals surface area (Å²) in [6.45, 7) is 4.88. The van der Waals surface area contributed by atoms with Gasteiger partial charge in [0.05, 0.1) is 6.42 Å². The Bertz CT molecular complexity index is 468. The quantitative estimate of drug-likeness (QED) is 0.755. The molecule has 0 bridgehead atoms. The van der Waals surface area contributed by atoms with E-state index < -0.39 is 0 Å². The number of nitrogens with two attached hydrogens (primary N) is 2. The van der Waals surface area contributed by atoms with Crippen LogP contribution in [0, 0.1) is 5.41 Å². The second-order valence-corrected chi connectivity index (χ2v) is 5.65. The average Bonchev–Trinajstić information content (AvgIpc) is 2.66. The maximum Gasteiger partial charge on any atom is 0.228 e. The van der Waals surface area contributed by atoms with Crippen molar-refractivity contribution < 1.29 is 4.79 Å². The lowest BCUT2D eigenvalue weighted by molar-refractivity contribution is -0.115. The number of carbonyl (C=O) groups is 1. The molecule has 2 rings (SSSR count). The Morgan fingerprint density at radius 3 is 2.83 bits per heavy atom. The summed E-state index contributed by atoms with van der Waals surface area (Å²) in [5.74, 6) is 0.0527. The number of benzene rings is 1. The molecule has 5 N–H and O–H groups in total. The van der Waals surface area contributed by atoms with Crippen LogP contribution in [0.25, 0.3) is 0 Å². The fourth-order valence-corrected chi connectivity index (χ4v) is 2.42. The minimum atomic E-state index is -0.0675. The number of amides is 1. The van der Waals surface area contributed by atoms with Crippen LogP contribution >= 0.6 is 0 Å². The molecule has 1 unspecified atom stereocenters. The van der Waals surface area contributed by atoms with Crippen molar-refractivity contribution in [3.8, 4) is 0 Å². The number of anilines is 1. The van der Waals surface area contributed by atoms with Crippen molar-refractivity contribution in [2.45, 2.75) is 32.7 Å². The first-order valence-corrected chi connectivity index (χ1v) is 6.32. The van der Waals surface area contributed by atoms with Crippen LogP contribution in [0.4, 0.5) is 5.69 Å². The summed E-state index contributed by atoms with van der Waals surface area (Å²) in [5, 5.41) is 2.83. The zero-order valence-corrected chi connectivity index (χ0v) is 11.0. The summed E-state index contributed by atoms with van der Waals surface area (Å²) in [4.78, 5) is 11.3. The van der Waals surface area contributed by atoms with E-state index in [0.717, 1.165) is 23.2 Å². The van der Waals surface area contributed by atoms with Crippen LogP contribution in [-0.2, 0) is 11.2 Å². The topological polar surface area (TPSA) is 81.1 Å². The van der Waals surface area contributed by atoms with Gasteiger partial charge in [-0.05, 0) is 35.6 Å². The van der Waals surface area contributed by atoms with E-state index in [2.05, 4.69) is 19.2 Å². The van der Waals surface area contributed by atoms with Crippen LogP contribution < -0.4 is 16.8 Å². The van der Waals surface area contributed by atoms with Gasteiger partial charge < -0.3 is 16.8 Å². The Hall–Kier alpha value is -1.39. The summed E-state index contributed by atoms with van der Waals surface area (Å²) in [6.07, 6.45) is 1.33. The molecule has 0 spiro atoms. The number of hydrogen-bond donors (Lipinski definition) is 3. The van der Waals surface area contributed by atoms with Gasteiger partial charge in [-0.3, -0.25) is 4.79 Å². The number of rotatable bonds is 4. The second-order valence-electron chi connectivity index (χ2n) is 5.65. The van der Waals surface area contributed by atoms with Crippen molar-refractivity contribution in [2.24, 2.45) is 16.9 Å². The number of nitrogens with one attached hydrogen (secondary N) is 1. The van der Waals surface area contributed by atoms with Crippen LogP contribution in [0.3, 0.4) is 0 Å². The van der Waals surface area contributed by atoms with E-state index in [4.69, 9.17) is 11.5 Å². The molecule has 1 aliphatic heterocycles. The molecule has 0 saturated heterocycles. The Morgan fingerprint density at radius 2 is 2.17 bits per heavy atom. The maximum atomic E-state index is 11.3. The number of fused-ring (bicyclic) bond motifs is 1. The summed E-state index contributed by atoms with van der Waals surface area (Å²) in [7, 11) is 0. The zero-order chi connectivity index (χ0) is 13.3. The minimum absolute atomic E-state index is 0.0426. The van der Waals surface area contributed by atoms with Gasteiger partial charge in [0.15, 0.2) is 0 Å². The number of carbonyl (C=O) groups excluding carboxylic acids is 1. The maximum absolute atomic E-state index is 11.3. The van der Waals surface area contributed by atoms with E-state index in [-0.39, 0.29) is 17.4 Å². The predicted molar refractivity (Wildman–Crippen MR) is 73.2 cm³/mol. The standard InChI is InChI=1S/C14H21N3O/c1-14(2,5-6-15)13(16)9-3-4-11-10(7-9)8-12(18)17-11/h3-4,7,13H,5-6,8,15-16H2,1-2H3,(H,17,18). The van der Waals surface area contributed by atoms with E-state index in [1.165, 1.54) is 0 Å². The van der Waals surface area contributed by atoms with Gasteiger partial charge >= 0.3 is 0 Å². The smallest absolute Gasteiger partial charge is 0.228 e. The highest BCUT2D eigenvalue weighted by Gasteiger charge is 2.28. The van der Waals surface area contributed by atoms with Gasteiger partial charge in [-0.1, -0.05) is 26.0 Å². The van der Waals surface area contributed by atoms with Gasteiger partial charge in [-0.15, -0.1) is 0 Å². The third-order valence-electron chi connectivity index (χ3n) is 3.74. The van der Waals surface area contributed by atoms with Crippen LogP contribution in [0.5, 0.6) is 0 Å². The molecule has 1 amide bonds. The van der Waals surface area contributed by atoms with Gasteiger partial charge in [0.1, 0.15) is 0 Å². The lowest BCUT2D eigenvalue weighted by atomic mass is 9.78. The molecule has 1 atom stereocenters. The molecule has 0 fully saturated rings. The molecular formula is C14H21N3O. The van der Waals surface area contributed by atoms with Crippen LogP contribution in [0.2, 0.25) is 0 Å². The molecule has 0 aromatic heterocycles. The molecule has 0 aliphatic carbocycles. The van der Waals surface area contributed by atoms with Crippen molar-refractivity contribution in [3.05, 3.63) is 29.3 Å². The molecule has 98 valence electrons. The van der Waals surface area contributed by atoms with E-state index in [0.29, 0.717) is 13.0 Å². The first-order valence-electron chi connectivity index (χ1n) is 6.32. The van der Waals surface area contributed by atoms with Crippen molar-refractivity contribution in [3.63, 3.8) is 0 Å². The normalized spacial score (nSPS) is 16.3. The molecule has 4 heteroatoms. The highest BCUT2D eigenvalue weighted by molar-refractivity contribution is 5.99. The monoisotopic (exact) mass is 247 g/mol. The van der Waals surface area contributed by atoms with Gasteiger partial charge in [-0.2, -0.15) is 0 Å². The second kappa shape index (κ2) is 4.71. The zero-order valence-electron chi connectivity index (χ0n) is 11.0. The van der Waals surface area contributed by atoms with E-state index in [1.54, 1.807) is 0 Å². The lowest BCUT2D eigenvalue weighted by Crippen LogP contribution is -2.31. The van der Waals surface area contributed by atoms with Crippen LogP contribution in [-0.4, -0.2) is 12.5 Å². The van der Waals surface area contributed by atoms with E-state index in [9.17, 15) is 4.79 Å². The highest BCUT2D eigenvalue weighted by Crippen LogP contribution is 2.36. The molecule has 4 nitrogen and oxygen atoms in total. The molecule has 1 aliphatic rings. The molecule has 1 heterocycles. The van der Waals surface area contributed by atoms with Crippen LogP contribution in [0.1, 0.15) is 37.4 Å². The van der Waals surface area contributed by atoms with E-state index in [1.807, 2.05) is 18.2 Å². The average molecular weight is 247 g/mol.